The summed E-state index contributed by atoms with van der Waals surface area (Å²) in [6.45, 7) is 0. The third-order valence-corrected chi connectivity index (χ3v) is 1.72. The van der Waals surface area contributed by atoms with Gasteiger partial charge in [0.05, 0.1) is 18.8 Å². The van der Waals surface area contributed by atoms with Gasteiger partial charge in [-0.2, -0.15) is 0 Å². The van der Waals surface area contributed by atoms with Gasteiger partial charge in [0.2, 0.25) is 0 Å². The molecule has 0 fully saturated rings. The molecule has 4 nitrogen and oxygen atoms in total. The maximum absolute atomic E-state index is 4.79. The molecule has 2 rings (SSSR count). The fraction of sp³-hybridized carbons (Fsp3) is 0.111. The third kappa shape index (κ3) is 1.38. The normalized spacial score (nSPS) is 11.2. The van der Waals surface area contributed by atoms with Crippen molar-refractivity contribution in [1.29, 1.82) is 0 Å². The maximum Gasteiger partial charge on any atom is 0.113 e. The fourth-order valence-corrected chi connectivity index (χ4v) is 1.12. The SMILES string of the molecule is CO/C=C/n1nnc2ccccc21. The first-order chi connectivity index (χ1) is 6.42. The predicted octanol–water partition coefficient (Wildman–Crippen LogP) is 1.51. The molecule has 0 saturated heterocycles. The van der Waals surface area contributed by atoms with E-state index in [4.69, 9.17) is 4.74 Å². The van der Waals surface area contributed by atoms with E-state index in [1.54, 1.807) is 24.3 Å². The number of rotatable bonds is 2. The van der Waals surface area contributed by atoms with Crippen molar-refractivity contribution in [2.75, 3.05) is 7.11 Å². The first-order valence-corrected chi connectivity index (χ1v) is 3.91. The molecule has 0 radical (unpaired) electrons. The monoisotopic (exact) mass is 175 g/mol. The molecule has 4 heteroatoms. The number of nitrogens with zero attached hydrogens (tertiary/aromatic N) is 3. The highest BCUT2D eigenvalue weighted by molar-refractivity contribution is 5.75. The molecule has 13 heavy (non-hydrogen) atoms. The molecule has 0 aliphatic rings. The van der Waals surface area contributed by atoms with Crippen molar-refractivity contribution in [3.8, 4) is 0 Å². The van der Waals surface area contributed by atoms with E-state index in [0.29, 0.717) is 0 Å². The minimum Gasteiger partial charge on any atom is -0.503 e. The van der Waals surface area contributed by atoms with Crippen molar-refractivity contribution >= 4 is 17.2 Å². The number of para-hydroxylation sites is 1. The van der Waals surface area contributed by atoms with E-state index >= 15 is 0 Å². The molecule has 1 aromatic heterocycles. The maximum atomic E-state index is 4.79. The van der Waals surface area contributed by atoms with Gasteiger partial charge in [0, 0.05) is 0 Å². The minimum absolute atomic E-state index is 0.878. The Balaban J connectivity index is 2.52. The lowest BCUT2D eigenvalue weighted by Crippen LogP contribution is -1.88. The second kappa shape index (κ2) is 3.26. The lowest BCUT2D eigenvalue weighted by molar-refractivity contribution is 0.339. The summed E-state index contributed by atoms with van der Waals surface area (Å²) in [5.41, 5.74) is 1.85. The Labute approximate surface area is 75.4 Å². The first-order valence-electron chi connectivity index (χ1n) is 3.91. The number of hydrogen-bond donors (Lipinski definition) is 0. The molecule has 0 unspecified atom stereocenters. The van der Waals surface area contributed by atoms with E-state index in [1.807, 2.05) is 24.3 Å². The Morgan fingerprint density at radius 1 is 1.38 bits per heavy atom. The number of benzene rings is 1. The fourth-order valence-electron chi connectivity index (χ4n) is 1.12. The van der Waals surface area contributed by atoms with Crippen LogP contribution in [0.2, 0.25) is 0 Å². The summed E-state index contributed by atoms with van der Waals surface area (Å²) >= 11 is 0. The summed E-state index contributed by atoms with van der Waals surface area (Å²) in [6, 6.07) is 7.75. The largest absolute Gasteiger partial charge is 0.503 e. The molecular weight excluding hydrogens is 166 g/mol. The van der Waals surface area contributed by atoms with Crippen LogP contribution in [0.3, 0.4) is 0 Å². The number of methoxy groups -OCH3 is 1. The highest BCUT2D eigenvalue weighted by atomic mass is 16.5. The lowest BCUT2D eigenvalue weighted by atomic mass is 10.3. The molecule has 1 aromatic carbocycles. The van der Waals surface area contributed by atoms with Crippen LogP contribution in [0.5, 0.6) is 0 Å². The van der Waals surface area contributed by atoms with Crippen LogP contribution in [0.25, 0.3) is 17.2 Å². The number of fused-ring (bicyclic) bond motifs is 1. The van der Waals surface area contributed by atoms with Gasteiger partial charge >= 0.3 is 0 Å². The van der Waals surface area contributed by atoms with Crippen LogP contribution in [0, 0.1) is 0 Å². The Hall–Kier alpha value is -1.84. The van der Waals surface area contributed by atoms with Gasteiger partial charge in [0.15, 0.2) is 0 Å². The first kappa shape index (κ1) is 7.79. The van der Waals surface area contributed by atoms with Crippen LogP contribution in [-0.2, 0) is 4.74 Å². The van der Waals surface area contributed by atoms with Crippen LogP contribution >= 0.6 is 0 Å². The van der Waals surface area contributed by atoms with Crippen molar-refractivity contribution in [1.82, 2.24) is 15.0 Å². The molecule has 0 bridgehead atoms. The van der Waals surface area contributed by atoms with Gasteiger partial charge in [-0.05, 0) is 12.1 Å². The Bertz CT molecular complexity index is 433. The van der Waals surface area contributed by atoms with Crippen molar-refractivity contribution in [3.05, 3.63) is 30.5 Å². The Morgan fingerprint density at radius 3 is 3.08 bits per heavy atom. The highest BCUT2D eigenvalue weighted by Gasteiger charge is 1.98. The van der Waals surface area contributed by atoms with Gasteiger partial charge in [-0.1, -0.05) is 17.3 Å². The number of aromatic nitrogens is 3. The van der Waals surface area contributed by atoms with Crippen LogP contribution in [0.1, 0.15) is 0 Å². The summed E-state index contributed by atoms with van der Waals surface area (Å²) < 4.78 is 6.46. The van der Waals surface area contributed by atoms with Gasteiger partial charge < -0.3 is 4.74 Å². The molecule has 0 saturated carbocycles. The summed E-state index contributed by atoms with van der Waals surface area (Å²) in [5.74, 6) is 0. The second-order valence-corrected chi connectivity index (χ2v) is 2.54. The van der Waals surface area contributed by atoms with Gasteiger partial charge in [-0.15, -0.1) is 5.10 Å². The third-order valence-electron chi connectivity index (χ3n) is 1.72. The van der Waals surface area contributed by atoms with Crippen molar-refractivity contribution in [3.63, 3.8) is 0 Å². The Kier molecular flexibility index (Phi) is 1.96. The lowest BCUT2D eigenvalue weighted by Gasteiger charge is -1.91. The smallest absolute Gasteiger partial charge is 0.113 e. The predicted molar refractivity (Wildman–Crippen MR) is 49.9 cm³/mol. The van der Waals surface area contributed by atoms with Gasteiger partial charge in [-0.3, -0.25) is 0 Å². The van der Waals surface area contributed by atoms with Crippen molar-refractivity contribution in [2.45, 2.75) is 0 Å². The molecule has 1 heterocycles. The molecular formula is C9H9N3O. The van der Waals surface area contributed by atoms with E-state index in [0.717, 1.165) is 11.0 Å². The number of ether oxygens (including phenoxy) is 1. The number of hydrogen-bond acceptors (Lipinski definition) is 3. The van der Waals surface area contributed by atoms with Gasteiger partial charge in [0.25, 0.3) is 0 Å². The molecule has 0 amide bonds. The molecule has 0 N–H and O–H groups in total. The zero-order valence-electron chi connectivity index (χ0n) is 7.21. The molecule has 0 spiro atoms. The van der Waals surface area contributed by atoms with E-state index in [2.05, 4.69) is 10.3 Å². The minimum atomic E-state index is 0.878. The molecule has 0 aliphatic heterocycles. The summed E-state index contributed by atoms with van der Waals surface area (Å²) in [4.78, 5) is 0. The summed E-state index contributed by atoms with van der Waals surface area (Å²) in [6.07, 6.45) is 3.27. The van der Waals surface area contributed by atoms with E-state index < -0.39 is 0 Å². The molecule has 0 aliphatic carbocycles. The second-order valence-electron chi connectivity index (χ2n) is 2.54. The molecule has 2 aromatic rings. The highest BCUT2D eigenvalue weighted by Crippen LogP contribution is 2.09. The average molecular weight is 175 g/mol. The van der Waals surface area contributed by atoms with Crippen LogP contribution in [-0.4, -0.2) is 22.1 Å². The van der Waals surface area contributed by atoms with Gasteiger partial charge in [-0.25, -0.2) is 4.68 Å². The van der Waals surface area contributed by atoms with Crippen LogP contribution in [0.4, 0.5) is 0 Å². The van der Waals surface area contributed by atoms with Crippen molar-refractivity contribution in [2.24, 2.45) is 0 Å². The van der Waals surface area contributed by atoms with Crippen LogP contribution in [0.15, 0.2) is 30.5 Å². The summed E-state index contributed by atoms with van der Waals surface area (Å²) in [7, 11) is 1.59. The van der Waals surface area contributed by atoms with Crippen LogP contribution < -0.4 is 0 Å². The average Bonchev–Trinajstić information content (AvgIpc) is 2.58. The molecule has 66 valence electrons. The zero-order valence-corrected chi connectivity index (χ0v) is 7.21. The summed E-state index contributed by atoms with van der Waals surface area (Å²) in [5, 5.41) is 7.91. The Morgan fingerprint density at radius 2 is 2.23 bits per heavy atom. The molecule has 0 atom stereocenters. The van der Waals surface area contributed by atoms with Crippen molar-refractivity contribution < 1.29 is 4.74 Å². The standard InChI is InChI=1S/C9H9N3O/c1-13-7-6-12-9-5-3-2-4-8(9)10-11-12/h2-7H,1H3/b7-6+. The van der Waals surface area contributed by atoms with E-state index in [1.165, 1.54) is 0 Å². The van der Waals surface area contributed by atoms with E-state index in [9.17, 15) is 0 Å². The van der Waals surface area contributed by atoms with Gasteiger partial charge in [0.1, 0.15) is 11.8 Å². The quantitative estimate of drug-likeness (QED) is 0.649. The topological polar surface area (TPSA) is 39.9 Å². The van der Waals surface area contributed by atoms with E-state index in [-0.39, 0.29) is 0 Å². The zero-order chi connectivity index (χ0) is 9.10.